The number of Topliss-reactive ketones (excluding diaryl/α,β-unsaturated/α-hetero) is 1. The maximum absolute atomic E-state index is 12.5. The maximum Gasteiger partial charge on any atom is 0.236 e. The largest absolute Gasteiger partial charge is 0.369 e. The van der Waals surface area contributed by atoms with Gasteiger partial charge in [-0.1, -0.05) is 48.5 Å². The topological polar surface area (TPSA) is 94.3 Å². The Morgan fingerprint density at radius 1 is 0.913 bits per heavy atom. The van der Waals surface area contributed by atoms with Crippen LogP contribution >= 0.6 is 0 Å². The van der Waals surface area contributed by atoms with E-state index in [-0.39, 0.29) is 23.5 Å². The van der Waals surface area contributed by atoms with Crippen LogP contribution in [0, 0.1) is 0 Å². The molecule has 6 heteroatoms. The molecule has 23 heavy (non-hydrogen) atoms. The summed E-state index contributed by atoms with van der Waals surface area (Å²) in [5.41, 5.74) is 5.74. The molecule has 2 aromatic rings. The van der Waals surface area contributed by atoms with Gasteiger partial charge in [-0.05, 0) is 18.6 Å². The molecule has 120 valence electrons. The van der Waals surface area contributed by atoms with Crippen molar-refractivity contribution in [2.75, 3.05) is 0 Å². The monoisotopic (exact) mass is 331 g/mol. The van der Waals surface area contributed by atoms with E-state index in [0.717, 1.165) is 0 Å². The number of benzene rings is 2. The SMILES string of the molecule is NC(=O)[C@@H](CCC(=O)c1ccccc1)S(=O)(=O)c1ccccc1. The molecular formula is C17H17NO4S. The molecule has 2 N–H and O–H groups in total. The lowest BCUT2D eigenvalue weighted by atomic mass is 10.1. The van der Waals surface area contributed by atoms with Gasteiger partial charge in [-0.25, -0.2) is 8.42 Å². The molecule has 0 aliphatic carbocycles. The smallest absolute Gasteiger partial charge is 0.236 e. The highest BCUT2D eigenvalue weighted by Gasteiger charge is 2.32. The molecule has 0 saturated carbocycles. The van der Waals surface area contributed by atoms with Crippen LogP contribution in [0.4, 0.5) is 0 Å². The first-order valence-electron chi connectivity index (χ1n) is 7.09. The van der Waals surface area contributed by atoms with E-state index < -0.39 is 21.0 Å². The number of hydrogen-bond donors (Lipinski definition) is 1. The Morgan fingerprint density at radius 2 is 1.43 bits per heavy atom. The maximum atomic E-state index is 12.5. The highest BCUT2D eigenvalue weighted by molar-refractivity contribution is 7.92. The normalized spacial score (nSPS) is 12.5. The molecule has 1 amide bonds. The Balaban J connectivity index is 2.17. The zero-order chi connectivity index (χ0) is 16.9. The number of carbonyl (C=O) groups excluding carboxylic acids is 2. The molecular weight excluding hydrogens is 314 g/mol. The lowest BCUT2D eigenvalue weighted by molar-refractivity contribution is -0.117. The molecule has 1 atom stereocenters. The van der Waals surface area contributed by atoms with Crippen molar-refractivity contribution in [1.82, 2.24) is 0 Å². The molecule has 5 nitrogen and oxygen atoms in total. The second-order valence-electron chi connectivity index (χ2n) is 5.08. The van der Waals surface area contributed by atoms with E-state index in [1.165, 1.54) is 12.1 Å². The third-order valence-corrected chi connectivity index (χ3v) is 5.64. The standard InChI is InChI=1S/C17H17NO4S/c18-17(20)16(23(21,22)14-9-5-2-6-10-14)12-11-15(19)13-7-3-1-4-8-13/h1-10,16H,11-12H2,(H2,18,20)/t16-/m1/s1. The Labute approximate surface area is 135 Å². The van der Waals surface area contributed by atoms with Crippen LogP contribution in [0.3, 0.4) is 0 Å². The van der Waals surface area contributed by atoms with Crippen molar-refractivity contribution in [3.05, 3.63) is 66.2 Å². The molecule has 0 radical (unpaired) electrons. The van der Waals surface area contributed by atoms with E-state index in [2.05, 4.69) is 0 Å². The quantitative estimate of drug-likeness (QED) is 0.785. The molecule has 0 saturated heterocycles. The summed E-state index contributed by atoms with van der Waals surface area (Å²) < 4.78 is 25.0. The molecule has 0 heterocycles. The second-order valence-corrected chi connectivity index (χ2v) is 7.21. The average molecular weight is 331 g/mol. The summed E-state index contributed by atoms with van der Waals surface area (Å²) in [6.45, 7) is 0. The highest BCUT2D eigenvalue weighted by atomic mass is 32.2. The molecule has 0 aromatic heterocycles. The van der Waals surface area contributed by atoms with Crippen LogP contribution in [-0.2, 0) is 14.6 Å². The Kier molecular flexibility index (Phi) is 5.28. The average Bonchev–Trinajstić information content (AvgIpc) is 2.56. The highest BCUT2D eigenvalue weighted by Crippen LogP contribution is 2.20. The summed E-state index contributed by atoms with van der Waals surface area (Å²) in [5.74, 6) is -1.17. The number of nitrogens with two attached hydrogens (primary N) is 1. The molecule has 0 spiro atoms. The van der Waals surface area contributed by atoms with Gasteiger partial charge in [-0.3, -0.25) is 9.59 Å². The fraction of sp³-hybridized carbons (Fsp3) is 0.176. The van der Waals surface area contributed by atoms with Crippen molar-refractivity contribution < 1.29 is 18.0 Å². The first-order chi connectivity index (χ1) is 10.9. The van der Waals surface area contributed by atoms with E-state index >= 15 is 0 Å². The van der Waals surface area contributed by atoms with Gasteiger partial charge in [0.15, 0.2) is 15.6 Å². The Hall–Kier alpha value is -2.47. The Bertz CT molecular complexity index is 786. The van der Waals surface area contributed by atoms with E-state index in [9.17, 15) is 18.0 Å². The van der Waals surface area contributed by atoms with Gasteiger partial charge < -0.3 is 5.73 Å². The molecule has 2 aromatic carbocycles. The van der Waals surface area contributed by atoms with E-state index in [1.807, 2.05) is 0 Å². The van der Waals surface area contributed by atoms with Gasteiger partial charge in [0, 0.05) is 12.0 Å². The first kappa shape index (κ1) is 16.9. The van der Waals surface area contributed by atoms with Crippen LogP contribution in [-0.4, -0.2) is 25.4 Å². The summed E-state index contributed by atoms with van der Waals surface area (Å²) in [5, 5.41) is -1.42. The van der Waals surface area contributed by atoms with Crippen molar-refractivity contribution in [1.29, 1.82) is 0 Å². The van der Waals surface area contributed by atoms with Gasteiger partial charge >= 0.3 is 0 Å². The van der Waals surface area contributed by atoms with Crippen LogP contribution in [0.5, 0.6) is 0 Å². The van der Waals surface area contributed by atoms with Gasteiger partial charge in [0.2, 0.25) is 5.91 Å². The zero-order valence-electron chi connectivity index (χ0n) is 12.4. The fourth-order valence-corrected chi connectivity index (χ4v) is 3.85. The van der Waals surface area contributed by atoms with Crippen molar-refractivity contribution in [2.45, 2.75) is 23.0 Å². The first-order valence-corrected chi connectivity index (χ1v) is 8.64. The van der Waals surface area contributed by atoms with Crippen LogP contribution in [0.2, 0.25) is 0 Å². The van der Waals surface area contributed by atoms with Crippen molar-refractivity contribution in [2.24, 2.45) is 5.73 Å². The number of rotatable bonds is 7. The number of carbonyl (C=O) groups is 2. The van der Waals surface area contributed by atoms with Crippen LogP contribution in [0.1, 0.15) is 23.2 Å². The minimum atomic E-state index is -3.90. The van der Waals surface area contributed by atoms with Gasteiger partial charge in [0.25, 0.3) is 0 Å². The van der Waals surface area contributed by atoms with Crippen LogP contribution < -0.4 is 5.73 Å². The number of primary amides is 1. The summed E-state index contributed by atoms with van der Waals surface area (Å²) >= 11 is 0. The predicted molar refractivity (Wildman–Crippen MR) is 86.6 cm³/mol. The van der Waals surface area contributed by atoms with E-state index in [0.29, 0.717) is 5.56 Å². The number of amides is 1. The summed E-state index contributed by atoms with van der Waals surface area (Å²) in [4.78, 5) is 23.7. The second kappa shape index (κ2) is 7.19. The third-order valence-electron chi connectivity index (χ3n) is 3.49. The van der Waals surface area contributed by atoms with Crippen molar-refractivity contribution in [3.8, 4) is 0 Å². The molecule has 0 unspecified atom stereocenters. The van der Waals surface area contributed by atoms with E-state index in [1.54, 1.807) is 48.5 Å². The molecule has 2 rings (SSSR count). The summed E-state index contributed by atoms with van der Waals surface area (Å²) in [7, 11) is -3.90. The lowest BCUT2D eigenvalue weighted by Crippen LogP contribution is -2.36. The van der Waals surface area contributed by atoms with Gasteiger partial charge in [-0.2, -0.15) is 0 Å². The molecule has 0 aliphatic rings. The Morgan fingerprint density at radius 3 is 1.96 bits per heavy atom. The van der Waals surface area contributed by atoms with Gasteiger partial charge in [-0.15, -0.1) is 0 Å². The minimum absolute atomic E-state index is 0.0240. The molecule has 0 aliphatic heterocycles. The van der Waals surface area contributed by atoms with Crippen molar-refractivity contribution in [3.63, 3.8) is 0 Å². The van der Waals surface area contributed by atoms with E-state index in [4.69, 9.17) is 5.73 Å². The molecule has 0 fully saturated rings. The summed E-state index contributed by atoms with van der Waals surface area (Å²) in [6, 6.07) is 16.1. The lowest BCUT2D eigenvalue weighted by Gasteiger charge is -2.14. The predicted octanol–water partition coefficient (Wildman–Crippen LogP) is 1.98. The summed E-state index contributed by atoms with van der Waals surface area (Å²) in [6.07, 6.45) is -0.204. The van der Waals surface area contributed by atoms with Gasteiger partial charge in [0.1, 0.15) is 5.25 Å². The van der Waals surface area contributed by atoms with Crippen molar-refractivity contribution >= 4 is 21.5 Å². The van der Waals surface area contributed by atoms with Crippen LogP contribution in [0.15, 0.2) is 65.6 Å². The molecule has 0 bridgehead atoms. The fourth-order valence-electron chi connectivity index (χ4n) is 2.26. The zero-order valence-corrected chi connectivity index (χ0v) is 13.2. The number of sulfone groups is 1. The minimum Gasteiger partial charge on any atom is -0.369 e. The number of hydrogen-bond acceptors (Lipinski definition) is 4. The van der Waals surface area contributed by atoms with Crippen LogP contribution in [0.25, 0.3) is 0 Å². The van der Waals surface area contributed by atoms with Gasteiger partial charge in [0.05, 0.1) is 4.90 Å². The third kappa shape index (κ3) is 4.04. The number of ketones is 1.